The summed E-state index contributed by atoms with van der Waals surface area (Å²) in [4.78, 5) is 24.8. The van der Waals surface area contributed by atoms with Crippen molar-refractivity contribution < 1.29 is 9.18 Å². The number of carbonyl (C=O) groups is 1. The fraction of sp³-hybridized carbons (Fsp3) is 0.348. The standard InChI is InChI=1S/C23H25FN4OS/c1-2-28-14-12-23(13-15-28)26-21(17-8-10-18(24)11-9-17)22(27-23)30-16-20(29)25-19-6-4-3-5-7-19/h3-11H,2,12-16H2,1H3,(H,25,29). The van der Waals surface area contributed by atoms with E-state index in [-0.39, 0.29) is 17.5 Å². The number of piperidine rings is 1. The van der Waals surface area contributed by atoms with Crippen LogP contribution in [-0.4, -0.2) is 52.6 Å². The lowest BCUT2D eigenvalue weighted by Crippen LogP contribution is -2.41. The van der Waals surface area contributed by atoms with Gasteiger partial charge >= 0.3 is 0 Å². The summed E-state index contributed by atoms with van der Waals surface area (Å²) in [5.41, 5.74) is 1.90. The first-order valence-corrected chi connectivity index (χ1v) is 11.2. The summed E-state index contributed by atoms with van der Waals surface area (Å²) in [6, 6.07) is 15.7. The lowest BCUT2D eigenvalue weighted by molar-refractivity contribution is -0.113. The minimum atomic E-state index is -0.465. The smallest absolute Gasteiger partial charge is 0.234 e. The first-order chi connectivity index (χ1) is 14.6. The number of carbonyl (C=O) groups excluding carboxylic acids is 1. The lowest BCUT2D eigenvalue weighted by atomic mass is 9.98. The topological polar surface area (TPSA) is 57.1 Å². The van der Waals surface area contributed by atoms with Gasteiger partial charge in [-0.25, -0.2) is 9.38 Å². The summed E-state index contributed by atoms with van der Waals surface area (Å²) >= 11 is 1.39. The van der Waals surface area contributed by atoms with Crippen molar-refractivity contribution in [3.8, 4) is 0 Å². The number of aliphatic imine (C=N–C) groups is 2. The van der Waals surface area contributed by atoms with E-state index in [0.717, 1.165) is 54.5 Å². The van der Waals surface area contributed by atoms with E-state index in [4.69, 9.17) is 9.98 Å². The lowest BCUT2D eigenvalue weighted by Gasteiger charge is -2.34. The molecule has 4 rings (SSSR count). The number of benzene rings is 2. The molecular weight excluding hydrogens is 399 g/mol. The zero-order valence-corrected chi connectivity index (χ0v) is 17.8. The van der Waals surface area contributed by atoms with Gasteiger partial charge in [0.05, 0.1) is 11.5 Å². The molecule has 0 saturated carbocycles. The highest BCUT2D eigenvalue weighted by molar-refractivity contribution is 8.16. The molecule has 0 radical (unpaired) electrons. The van der Waals surface area contributed by atoms with Crippen LogP contribution in [0.1, 0.15) is 25.3 Å². The van der Waals surface area contributed by atoms with Crippen LogP contribution in [0.3, 0.4) is 0 Å². The van der Waals surface area contributed by atoms with Crippen molar-refractivity contribution in [1.82, 2.24) is 4.90 Å². The molecule has 1 N–H and O–H groups in total. The summed E-state index contributed by atoms with van der Waals surface area (Å²) in [6.07, 6.45) is 1.71. The Morgan fingerprint density at radius 2 is 1.80 bits per heavy atom. The van der Waals surface area contributed by atoms with Crippen LogP contribution in [-0.2, 0) is 4.79 Å². The van der Waals surface area contributed by atoms with E-state index in [1.54, 1.807) is 12.1 Å². The van der Waals surface area contributed by atoms with Crippen molar-refractivity contribution >= 4 is 34.1 Å². The minimum Gasteiger partial charge on any atom is -0.325 e. The van der Waals surface area contributed by atoms with Crippen LogP contribution in [0.4, 0.5) is 10.1 Å². The number of para-hydroxylation sites is 1. The number of nitrogens with one attached hydrogen (secondary N) is 1. The largest absolute Gasteiger partial charge is 0.325 e. The minimum absolute atomic E-state index is 0.0888. The second kappa shape index (κ2) is 9.10. The molecule has 0 atom stereocenters. The molecule has 156 valence electrons. The maximum absolute atomic E-state index is 13.4. The summed E-state index contributed by atoms with van der Waals surface area (Å²) < 4.78 is 13.4. The summed E-state index contributed by atoms with van der Waals surface area (Å²) in [6.45, 7) is 5.09. The van der Waals surface area contributed by atoms with Gasteiger partial charge in [0.2, 0.25) is 5.91 Å². The third-order valence-electron chi connectivity index (χ3n) is 5.45. The fourth-order valence-electron chi connectivity index (χ4n) is 3.72. The van der Waals surface area contributed by atoms with Crippen molar-refractivity contribution in [3.05, 3.63) is 66.0 Å². The molecule has 2 aliphatic rings. The molecular formula is C23H25FN4OS. The molecule has 2 aromatic carbocycles. The number of likely N-dealkylation sites (tertiary alicyclic amines) is 1. The number of hydrogen-bond acceptors (Lipinski definition) is 5. The van der Waals surface area contributed by atoms with Crippen molar-refractivity contribution in [2.45, 2.75) is 25.4 Å². The molecule has 30 heavy (non-hydrogen) atoms. The molecule has 1 amide bonds. The molecule has 1 fully saturated rings. The first-order valence-electron chi connectivity index (χ1n) is 10.2. The van der Waals surface area contributed by atoms with Crippen molar-refractivity contribution in [2.24, 2.45) is 9.98 Å². The van der Waals surface area contributed by atoms with E-state index in [2.05, 4.69) is 17.1 Å². The van der Waals surface area contributed by atoms with Crippen molar-refractivity contribution in [2.75, 3.05) is 30.7 Å². The Labute approximate surface area is 180 Å². The van der Waals surface area contributed by atoms with Crippen LogP contribution in [0.25, 0.3) is 0 Å². The highest BCUT2D eigenvalue weighted by Crippen LogP contribution is 2.35. The van der Waals surface area contributed by atoms with Crippen molar-refractivity contribution in [3.63, 3.8) is 0 Å². The van der Waals surface area contributed by atoms with E-state index in [0.29, 0.717) is 0 Å². The zero-order valence-electron chi connectivity index (χ0n) is 17.0. The van der Waals surface area contributed by atoms with Gasteiger partial charge in [-0.05, 0) is 42.9 Å². The molecule has 2 aromatic rings. The third-order valence-corrected chi connectivity index (χ3v) is 6.42. The van der Waals surface area contributed by atoms with E-state index >= 15 is 0 Å². The van der Waals surface area contributed by atoms with Crippen molar-refractivity contribution in [1.29, 1.82) is 0 Å². The number of amides is 1. The first kappa shape index (κ1) is 20.8. The number of thioether (sulfide) groups is 1. The predicted molar refractivity (Wildman–Crippen MR) is 122 cm³/mol. The number of hydrogen-bond donors (Lipinski definition) is 1. The SMILES string of the molecule is CCN1CCC2(CC1)N=C(SCC(=O)Nc1ccccc1)C(c1ccc(F)cc1)=N2. The number of halogens is 1. The molecule has 7 heteroatoms. The van der Waals surface area contributed by atoms with Gasteiger partial charge in [0.15, 0.2) is 5.66 Å². The molecule has 2 aliphatic heterocycles. The van der Waals surface area contributed by atoms with E-state index in [1.807, 2.05) is 30.3 Å². The Morgan fingerprint density at radius 3 is 2.47 bits per heavy atom. The molecule has 0 bridgehead atoms. The van der Waals surface area contributed by atoms with Crippen LogP contribution in [0.15, 0.2) is 64.6 Å². The molecule has 1 spiro atoms. The maximum atomic E-state index is 13.4. The second-order valence-electron chi connectivity index (χ2n) is 7.50. The average molecular weight is 425 g/mol. The maximum Gasteiger partial charge on any atom is 0.234 e. The Hall–Kier alpha value is -2.51. The van der Waals surface area contributed by atoms with Gasteiger partial charge in [-0.1, -0.05) is 36.9 Å². The average Bonchev–Trinajstić information content (AvgIpc) is 3.12. The third kappa shape index (κ3) is 4.79. The van der Waals surface area contributed by atoms with E-state index in [1.165, 1.54) is 23.9 Å². The van der Waals surface area contributed by atoms with Crippen LogP contribution < -0.4 is 5.32 Å². The Kier molecular flexibility index (Phi) is 6.29. The summed E-state index contributed by atoms with van der Waals surface area (Å²) in [5, 5.41) is 3.66. The van der Waals surface area contributed by atoms with Crippen LogP contribution >= 0.6 is 11.8 Å². The fourth-order valence-corrected chi connectivity index (χ4v) is 4.60. The Morgan fingerprint density at radius 1 is 1.10 bits per heavy atom. The molecule has 5 nitrogen and oxygen atoms in total. The second-order valence-corrected chi connectivity index (χ2v) is 8.47. The number of rotatable bonds is 5. The van der Waals surface area contributed by atoms with E-state index in [9.17, 15) is 9.18 Å². The van der Waals surface area contributed by atoms with Crippen LogP contribution in [0, 0.1) is 5.82 Å². The van der Waals surface area contributed by atoms with Gasteiger partial charge in [0.25, 0.3) is 0 Å². The van der Waals surface area contributed by atoms with Gasteiger partial charge in [-0.2, -0.15) is 0 Å². The Bertz CT molecular complexity index is 951. The number of anilines is 1. The van der Waals surface area contributed by atoms with Gasteiger partial charge in [0.1, 0.15) is 10.9 Å². The van der Waals surface area contributed by atoms with Gasteiger partial charge in [-0.3, -0.25) is 9.79 Å². The predicted octanol–water partition coefficient (Wildman–Crippen LogP) is 4.21. The summed E-state index contributed by atoms with van der Waals surface area (Å²) in [7, 11) is 0. The van der Waals surface area contributed by atoms with Gasteiger partial charge in [0, 0.05) is 37.2 Å². The quantitative estimate of drug-likeness (QED) is 0.782. The Balaban J connectivity index is 1.51. The number of nitrogens with zero attached hydrogens (tertiary/aromatic N) is 3. The van der Waals surface area contributed by atoms with Crippen LogP contribution in [0.5, 0.6) is 0 Å². The normalized spacial score (nSPS) is 18.2. The van der Waals surface area contributed by atoms with E-state index < -0.39 is 5.66 Å². The zero-order chi connectivity index (χ0) is 21.0. The molecule has 0 aromatic heterocycles. The molecule has 0 aliphatic carbocycles. The van der Waals surface area contributed by atoms with Crippen LogP contribution in [0.2, 0.25) is 0 Å². The molecule has 0 unspecified atom stereocenters. The highest BCUT2D eigenvalue weighted by atomic mass is 32.2. The summed E-state index contributed by atoms with van der Waals surface area (Å²) in [5.74, 6) is -0.128. The monoisotopic (exact) mass is 424 g/mol. The molecule has 2 heterocycles. The molecule has 1 saturated heterocycles. The highest BCUT2D eigenvalue weighted by Gasteiger charge is 2.39. The van der Waals surface area contributed by atoms with Gasteiger partial charge < -0.3 is 10.2 Å². The van der Waals surface area contributed by atoms with Gasteiger partial charge in [-0.15, -0.1) is 0 Å².